The molecule has 1 rings (SSSR count). The van der Waals surface area contributed by atoms with E-state index in [9.17, 15) is 0 Å². The molecule has 90 valence electrons. The summed E-state index contributed by atoms with van der Waals surface area (Å²) in [6.07, 6.45) is 0.924. The van der Waals surface area contributed by atoms with Gasteiger partial charge in [0.25, 0.3) is 0 Å². The number of nitrogens with two attached hydrogens (primary N) is 1. The maximum atomic E-state index is 5.93. The highest BCUT2D eigenvalue weighted by atomic mass is 35.5. The molecule has 0 saturated heterocycles. The average molecular weight is 261 g/mol. The quantitative estimate of drug-likeness (QED) is 0.800. The zero-order valence-electron chi connectivity index (χ0n) is 9.69. The lowest BCUT2D eigenvalue weighted by Gasteiger charge is -2.18. The van der Waals surface area contributed by atoms with Gasteiger partial charge < -0.3 is 11.1 Å². The summed E-state index contributed by atoms with van der Waals surface area (Å²) < 4.78 is 0. The van der Waals surface area contributed by atoms with Crippen LogP contribution in [0.2, 0.25) is 10.0 Å². The standard InChI is InChI=1S/C12H18Cl2N2/c1-12(2,15)8-16-6-5-9-3-4-10(13)11(14)7-9/h3-4,7,16H,5-6,8,15H2,1-2H3. The first-order valence-electron chi connectivity index (χ1n) is 5.32. The van der Waals surface area contributed by atoms with E-state index in [1.165, 1.54) is 5.56 Å². The Kier molecular flexibility index (Phi) is 5.06. The molecule has 0 spiro atoms. The fourth-order valence-corrected chi connectivity index (χ4v) is 1.66. The van der Waals surface area contributed by atoms with Crippen LogP contribution in [0.4, 0.5) is 0 Å². The van der Waals surface area contributed by atoms with Crippen molar-refractivity contribution < 1.29 is 0 Å². The van der Waals surface area contributed by atoms with Crippen LogP contribution in [0.25, 0.3) is 0 Å². The van der Waals surface area contributed by atoms with Crippen molar-refractivity contribution >= 4 is 23.2 Å². The van der Waals surface area contributed by atoms with Crippen molar-refractivity contribution in [3.63, 3.8) is 0 Å². The summed E-state index contributed by atoms with van der Waals surface area (Å²) in [5, 5.41) is 4.51. The smallest absolute Gasteiger partial charge is 0.0595 e. The van der Waals surface area contributed by atoms with Crippen LogP contribution in [-0.2, 0) is 6.42 Å². The predicted octanol–water partition coefficient (Wildman–Crippen LogP) is 2.86. The SMILES string of the molecule is CC(C)(N)CNCCc1ccc(Cl)c(Cl)c1. The third-order valence-corrected chi connectivity index (χ3v) is 2.89. The van der Waals surface area contributed by atoms with Gasteiger partial charge in [-0.05, 0) is 44.5 Å². The van der Waals surface area contributed by atoms with E-state index in [0.717, 1.165) is 19.5 Å². The third kappa shape index (κ3) is 5.17. The summed E-state index contributed by atoms with van der Waals surface area (Å²) in [6.45, 7) is 5.69. The molecule has 0 aromatic heterocycles. The van der Waals surface area contributed by atoms with E-state index in [1.807, 2.05) is 32.0 Å². The van der Waals surface area contributed by atoms with Gasteiger partial charge in [0.2, 0.25) is 0 Å². The van der Waals surface area contributed by atoms with Gasteiger partial charge in [-0.3, -0.25) is 0 Å². The van der Waals surface area contributed by atoms with Crippen LogP contribution in [0, 0.1) is 0 Å². The molecular weight excluding hydrogens is 243 g/mol. The highest BCUT2D eigenvalue weighted by molar-refractivity contribution is 6.42. The van der Waals surface area contributed by atoms with Crippen molar-refractivity contribution in [2.24, 2.45) is 5.73 Å². The van der Waals surface area contributed by atoms with Gasteiger partial charge in [-0.2, -0.15) is 0 Å². The van der Waals surface area contributed by atoms with Gasteiger partial charge in [0.05, 0.1) is 10.0 Å². The van der Waals surface area contributed by atoms with Crippen molar-refractivity contribution in [1.29, 1.82) is 0 Å². The largest absolute Gasteiger partial charge is 0.324 e. The van der Waals surface area contributed by atoms with Crippen LogP contribution in [0.3, 0.4) is 0 Å². The average Bonchev–Trinajstić information content (AvgIpc) is 2.17. The normalized spacial score (nSPS) is 11.8. The van der Waals surface area contributed by atoms with E-state index >= 15 is 0 Å². The van der Waals surface area contributed by atoms with Crippen LogP contribution in [0.1, 0.15) is 19.4 Å². The van der Waals surface area contributed by atoms with Crippen LogP contribution in [0.15, 0.2) is 18.2 Å². The lowest BCUT2D eigenvalue weighted by molar-refractivity contribution is 0.469. The maximum absolute atomic E-state index is 5.93. The number of hydrogen-bond donors (Lipinski definition) is 2. The fourth-order valence-electron chi connectivity index (χ4n) is 1.34. The highest BCUT2D eigenvalue weighted by Crippen LogP contribution is 2.22. The Morgan fingerprint density at radius 2 is 1.94 bits per heavy atom. The van der Waals surface area contributed by atoms with Gasteiger partial charge in [-0.1, -0.05) is 29.3 Å². The first-order valence-corrected chi connectivity index (χ1v) is 6.07. The van der Waals surface area contributed by atoms with Gasteiger partial charge in [-0.15, -0.1) is 0 Å². The van der Waals surface area contributed by atoms with Crippen LogP contribution in [-0.4, -0.2) is 18.6 Å². The Morgan fingerprint density at radius 1 is 1.25 bits per heavy atom. The van der Waals surface area contributed by atoms with Gasteiger partial charge in [-0.25, -0.2) is 0 Å². The molecular formula is C12H18Cl2N2. The van der Waals surface area contributed by atoms with Crippen LogP contribution < -0.4 is 11.1 Å². The topological polar surface area (TPSA) is 38.0 Å². The Hall–Kier alpha value is -0.280. The molecule has 0 aliphatic heterocycles. The summed E-state index contributed by atoms with van der Waals surface area (Å²) in [5.41, 5.74) is 6.87. The molecule has 1 aromatic rings. The summed E-state index contributed by atoms with van der Waals surface area (Å²) in [5.74, 6) is 0. The Labute approximate surface area is 107 Å². The van der Waals surface area contributed by atoms with Crippen molar-refractivity contribution in [2.45, 2.75) is 25.8 Å². The molecule has 0 aliphatic rings. The summed E-state index contributed by atoms with van der Waals surface area (Å²) in [4.78, 5) is 0. The minimum absolute atomic E-state index is 0.169. The predicted molar refractivity (Wildman–Crippen MR) is 71.3 cm³/mol. The minimum atomic E-state index is -0.169. The number of benzene rings is 1. The Balaban J connectivity index is 2.35. The van der Waals surface area contributed by atoms with E-state index in [1.54, 1.807) is 0 Å². The molecule has 16 heavy (non-hydrogen) atoms. The number of hydrogen-bond acceptors (Lipinski definition) is 2. The van der Waals surface area contributed by atoms with Crippen molar-refractivity contribution in [2.75, 3.05) is 13.1 Å². The van der Waals surface area contributed by atoms with Crippen molar-refractivity contribution in [1.82, 2.24) is 5.32 Å². The number of halogens is 2. The summed E-state index contributed by atoms with van der Waals surface area (Å²) >= 11 is 11.8. The lowest BCUT2D eigenvalue weighted by atomic mass is 10.1. The van der Waals surface area contributed by atoms with Gasteiger partial charge >= 0.3 is 0 Å². The minimum Gasteiger partial charge on any atom is -0.324 e. The molecule has 4 heteroatoms. The molecule has 0 saturated carbocycles. The molecule has 0 unspecified atom stereocenters. The van der Waals surface area contributed by atoms with Gasteiger partial charge in [0.1, 0.15) is 0 Å². The van der Waals surface area contributed by atoms with E-state index in [-0.39, 0.29) is 5.54 Å². The number of rotatable bonds is 5. The van der Waals surface area contributed by atoms with Crippen LogP contribution >= 0.6 is 23.2 Å². The Bertz CT molecular complexity index is 345. The molecule has 0 fully saturated rings. The third-order valence-electron chi connectivity index (χ3n) is 2.16. The highest BCUT2D eigenvalue weighted by Gasteiger charge is 2.08. The van der Waals surface area contributed by atoms with Gasteiger partial charge in [0, 0.05) is 12.1 Å². The monoisotopic (exact) mass is 260 g/mol. The molecule has 0 heterocycles. The molecule has 0 radical (unpaired) electrons. The summed E-state index contributed by atoms with van der Waals surface area (Å²) in [6, 6.07) is 5.72. The Morgan fingerprint density at radius 3 is 2.50 bits per heavy atom. The van der Waals surface area contributed by atoms with E-state index < -0.39 is 0 Å². The molecule has 0 aliphatic carbocycles. The second-order valence-electron chi connectivity index (χ2n) is 4.66. The first-order chi connectivity index (χ1) is 7.38. The zero-order chi connectivity index (χ0) is 12.2. The fraction of sp³-hybridized carbons (Fsp3) is 0.500. The van der Waals surface area contributed by atoms with E-state index in [2.05, 4.69) is 5.32 Å². The first kappa shape index (κ1) is 13.8. The molecule has 1 aromatic carbocycles. The van der Waals surface area contributed by atoms with E-state index in [0.29, 0.717) is 10.0 Å². The zero-order valence-corrected chi connectivity index (χ0v) is 11.2. The second kappa shape index (κ2) is 5.87. The second-order valence-corrected chi connectivity index (χ2v) is 5.48. The molecule has 3 N–H and O–H groups in total. The van der Waals surface area contributed by atoms with Gasteiger partial charge in [0.15, 0.2) is 0 Å². The van der Waals surface area contributed by atoms with Crippen molar-refractivity contribution in [3.05, 3.63) is 33.8 Å². The molecule has 0 atom stereocenters. The summed E-state index contributed by atoms with van der Waals surface area (Å²) in [7, 11) is 0. The molecule has 0 bridgehead atoms. The van der Waals surface area contributed by atoms with Crippen molar-refractivity contribution in [3.8, 4) is 0 Å². The molecule has 2 nitrogen and oxygen atoms in total. The number of nitrogens with one attached hydrogen (secondary N) is 1. The lowest BCUT2D eigenvalue weighted by Crippen LogP contribution is -2.43. The van der Waals surface area contributed by atoms with Crippen LogP contribution in [0.5, 0.6) is 0 Å². The maximum Gasteiger partial charge on any atom is 0.0595 e. The molecule has 0 amide bonds. The van der Waals surface area contributed by atoms with E-state index in [4.69, 9.17) is 28.9 Å².